The number of hydrogen-bond donors (Lipinski definition) is 1. The molecule has 9 nitrogen and oxygen atoms in total. The van der Waals surface area contributed by atoms with Crippen molar-refractivity contribution in [2.45, 2.75) is 12.7 Å². The first-order valence-corrected chi connectivity index (χ1v) is 11.8. The SMILES string of the molecule is CN1CCN(Cc2ccc(NC(=O)c3ccnc(C#Cc4cnc5nccn5c4)n3)cc2C(F)(F)F)CC1. The van der Waals surface area contributed by atoms with Crippen LogP contribution in [0.3, 0.4) is 0 Å². The van der Waals surface area contributed by atoms with Gasteiger partial charge in [0.15, 0.2) is 0 Å². The Morgan fingerprint density at radius 1 is 1.05 bits per heavy atom. The summed E-state index contributed by atoms with van der Waals surface area (Å²) >= 11 is 0. The summed E-state index contributed by atoms with van der Waals surface area (Å²) in [5.74, 6) is 5.60. The minimum Gasteiger partial charge on any atom is -0.321 e. The van der Waals surface area contributed by atoms with Crippen LogP contribution < -0.4 is 5.32 Å². The van der Waals surface area contributed by atoms with Gasteiger partial charge in [0.25, 0.3) is 5.91 Å². The van der Waals surface area contributed by atoms with E-state index < -0.39 is 17.6 Å². The van der Waals surface area contributed by atoms with Crippen molar-refractivity contribution in [3.8, 4) is 11.8 Å². The molecule has 4 aromatic rings. The first kappa shape index (κ1) is 25.3. The van der Waals surface area contributed by atoms with Gasteiger partial charge in [-0.05, 0) is 36.7 Å². The lowest BCUT2D eigenvalue weighted by Gasteiger charge is -2.33. The van der Waals surface area contributed by atoms with Crippen LogP contribution in [0.2, 0.25) is 0 Å². The predicted octanol–water partition coefficient (Wildman–Crippen LogP) is 2.94. The van der Waals surface area contributed by atoms with Crippen molar-refractivity contribution in [1.82, 2.24) is 34.1 Å². The number of piperazine rings is 1. The van der Waals surface area contributed by atoms with Crippen LogP contribution in [0.25, 0.3) is 5.78 Å². The number of benzene rings is 1. The Morgan fingerprint density at radius 2 is 1.87 bits per heavy atom. The molecule has 3 aromatic heterocycles. The summed E-state index contributed by atoms with van der Waals surface area (Å²) in [7, 11) is 1.99. The van der Waals surface area contributed by atoms with Crippen LogP contribution in [0.1, 0.15) is 33.0 Å². The quantitative estimate of drug-likeness (QED) is 0.414. The van der Waals surface area contributed by atoms with Crippen molar-refractivity contribution < 1.29 is 18.0 Å². The molecule has 5 rings (SSSR count). The molecule has 0 unspecified atom stereocenters. The highest BCUT2D eigenvalue weighted by Crippen LogP contribution is 2.34. The van der Waals surface area contributed by atoms with Crippen LogP contribution in [-0.4, -0.2) is 73.3 Å². The maximum absolute atomic E-state index is 13.9. The van der Waals surface area contributed by atoms with Crippen molar-refractivity contribution >= 4 is 17.4 Å². The molecule has 0 radical (unpaired) electrons. The van der Waals surface area contributed by atoms with Crippen LogP contribution in [0.15, 0.2) is 55.2 Å². The number of hydrogen-bond acceptors (Lipinski definition) is 7. The summed E-state index contributed by atoms with van der Waals surface area (Å²) in [5.41, 5.74) is -0.0155. The topological polar surface area (TPSA) is 91.5 Å². The van der Waals surface area contributed by atoms with Gasteiger partial charge in [0.1, 0.15) is 5.69 Å². The second kappa shape index (κ2) is 10.6. The fraction of sp³-hybridized carbons (Fsp3) is 0.269. The fourth-order valence-corrected chi connectivity index (χ4v) is 4.05. The molecular weight excluding hydrogens is 497 g/mol. The van der Waals surface area contributed by atoms with E-state index in [-0.39, 0.29) is 29.3 Å². The third-order valence-corrected chi connectivity index (χ3v) is 6.12. The molecule has 1 aromatic carbocycles. The minimum atomic E-state index is -4.56. The van der Waals surface area contributed by atoms with Gasteiger partial charge in [-0.2, -0.15) is 13.2 Å². The van der Waals surface area contributed by atoms with Gasteiger partial charge in [-0.3, -0.25) is 14.1 Å². The number of halogens is 3. The Bertz CT molecular complexity index is 1530. The molecule has 1 aliphatic heterocycles. The number of aromatic nitrogens is 5. The Kier molecular flexibility index (Phi) is 7.04. The fourth-order valence-electron chi connectivity index (χ4n) is 4.05. The van der Waals surface area contributed by atoms with Crippen molar-refractivity contribution in [3.63, 3.8) is 0 Å². The lowest BCUT2D eigenvalue weighted by Crippen LogP contribution is -2.44. The number of imidazole rings is 1. The molecule has 12 heteroatoms. The Balaban J connectivity index is 1.31. The number of amides is 1. The molecular formula is C26H23F3N8O. The van der Waals surface area contributed by atoms with Gasteiger partial charge in [-0.25, -0.2) is 19.9 Å². The number of fused-ring (bicyclic) bond motifs is 1. The number of carbonyl (C=O) groups excluding carboxylic acids is 1. The summed E-state index contributed by atoms with van der Waals surface area (Å²) < 4.78 is 43.3. The highest BCUT2D eigenvalue weighted by molar-refractivity contribution is 6.02. The Labute approximate surface area is 216 Å². The average molecular weight is 521 g/mol. The van der Waals surface area contributed by atoms with E-state index in [4.69, 9.17) is 0 Å². The van der Waals surface area contributed by atoms with Crippen LogP contribution >= 0.6 is 0 Å². The molecule has 1 N–H and O–H groups in total. The normalized spacial score (nSPS) is 14.7. The van der Waals surface area contributed by atoms with Gasteiger partial charge in [0.05, 0.1) is 11.1 Å². The van der Waals surface area contributed by atoms with E-state index in [0.717, 1.165) is 19.2 Å². The van der Waals surface area contributed by atoms with Gasteiger partial charge >= 0.3 is 6.18 Å². The van der Waals surface area contributed by atoms with Crippen molar-refractivity contribution in [3.05, 3.63) is 83.5 Å². The molecule has 4 heterocycles. The molecule has 1 saturated heterocycles. The van der Waals surface area contributed by atoms with Gasteiger partial charge in [-0.15, -0.1) is 0 Å². The largest absolute Gasteiger partial charge is 0.416 e. The number of carbonyl (C=O) groups is 1. The van der Waals surface area contributed by atoms with Gasteiger partial charge in [0, 0.05) is 69.4 Å². The van der Waals surface area contributed by atoms with E-state index in [9.17, 15) is 18.0 Å². The summed E-state index contributed by atoms with van der Waals surface area (Å²) in [6.45, 7) is 3.18. The highest BCUT2D eigenvalue weighted by atomic mass is 19.4. The zero-order chi connectivity index (χ0) is 26.7. The third kappa shape index (κ3) is 5.96. The highest BCUT2D eigenvalue weighted by Gasteiger charge is 2.34. The van der Waals surface area contributed by atoms with Crippen molar-refractivity contribution in [2.24, 2.45) is 0 Å². The van der Waals surface area contributed by atoms with Gasteiger partial charge in [0.2, 0.25) is 11.6 Å². The molecule has 1 amide bonds. The molecule has 0 saturated carbocycles. The lowest BCUT2D eigenvalue weighted by atomic mass is 10.0. The number of alkyl halides is 3. The molecule has 38 heavy (non-hydrogen) atoms. The summed E-state index contributed by atoms with van der Waals surface area (Å²) in [5, 5.41) is 2.51. The molecule has 0 aliphatic carbocycles. The molecule has 0 atom stereocenters. The molecule has 0 bridgehead atoms. The Morgan fingerprint density at radius 3 is 2.66 bits per heavy atom. The zero-order valence-electron chi connectivity index (χ0n) is 20.4. The van der Waals surface area contributed by atoms with E-state index in [1.165, 1.54) is 24.4 Å². The van der Waals surface area contributed by atoms with Crippen molar-refractivity contribution in [2.75, 3.05) is 38.5 Å². The van der Waals surface area contributed by atoms with Crippen LogP contribution in [0, 0.1) is 11.8 Å². The zero-order valence-corrected chi connectivity index (χ0v) is 20.4. The van der Waals surface area contributed by atoms with Crippen LogP contribution in [0.4, 0.5) is 18.9 Å². The second-order valence-electron chi connectivity index (χ2n) is 8.90. The maximum Gasteiger partial charge on any atom is 0.416 e. The number of rotatable bonds is 4. The standard InChI is InChI=1S/C26H23F3N8O/c1-35-10-12-36(13-11-35)17-19-3-4-20(14-21(19)26(27,28)29)33-24(38)22-6-7-30-23(34-22)5-2-18-15-32-25-31-8-9-37(25)16-18/h3-4,6-9,14-16H,10-13,17H2,1H3,(H,33,38). The molecule has 194 valence electrons. The van der Waals surface area contributed by atoms with E-state index in [1.54, 1.807) is 29.2 Å². The number of nitrogens with one attached hydrogen (secondary N) is 1. The molecule has 1 fully saturated rings. The number of nitrogens with zero attached hydrogens (tertiary/aromatic N) is 7. The average Bonchev–Trinajstić information content (AvgIpc) is 3.37. The first-order chi connectivity index (χ1) is 18.2. The number of likely N-dealkylation sites (N-methyl/N-ethyl adjacent to an activating group) is 1. The third-order valence-electron chi connectivity index (χ3n) is 6.12. The van der Waals surface area contributed by atoms with E-state index >= 15 is 0 Å². The maximum atomic E-state index is 13.9. The van der Waals surface area contributed by atoms with Gasteiger partial charge < -0.3 is 10.2 Å². The van der Waals surface area contributed by atoms with Crippen LogP contribution in [0.5, 0.6) is 0 Å². The minimum absolute atomic E-state index is 0.0235. The van der Waals surface area contributed by atoms with Crippen molar-refractivity contribution in [1.29, 1.82) is 0 Å². The van der Waals surface area contributed by atoms with Gasteiger partial charge in [-0.1, -0.05) is 12.0 Å². The summed E-state index contributed by atoms with van der Waals surface area (Å²) in [6.07, 6.45) is 3.45. The first-order valence-electron chi connectivity index (χ1n) is 11.8. The summed E-state index contributed by atoms with van der Waals surface area (Å²) in [4.78, 5) is 33.4. The summed E-state index contributed by atoms with van der Waals surface area (Å²) in [6, 6.07) is 5.22. The number of anilines is 1. The monoisotopic (exact) mass is 520 g/mol. The van der Waals surface area contributed by atoms with E-state index in [2.05, 4.69) is 42.0 Å². The van der Waals surface area contributed by atoms with E-state index in [1.807, 2.05) is 11.9 Å². The molecule has 0 spiro atoms. The molecule has 1 aliphatic rings. The lowest BCUT2D eigenvalue weighted by molar-refractivity contribution is -0.138. The second-order valence-corrected chi connectivity index (χ2v) is 8.90. The smallest absolute Gasteiger partial charge is 0.321 e. The van der Waals surface area contributed by atoms with Crippen LogP contribution in [-0.2, 0) is 12.7 Å². The van der Waals surface area contributed by atoms with E-state index in [0.29, 0.717) is 24.4 Å². The predicted molar refractivity (Wildman–Crippen MR) is 133 cm³/mol. The Hall–Kier alpha value is -4.34.